The number of aromatic nitrogens is 1. The summed E-state index contributed by atoms with van der Waals surface area (Å²) >= 11 is 0. The summed E-state index contributed by atoms with van der Waals surface area (Å²) in [6.45, 7) is 1.81. The van der Waals surface area contributed by atoms with Gasteiger partial charge in [0.15, 0.2) is 0 Å². The van der Waals surface area contributed by atoms with Gasteiger partial charge in [-0.15, -0.1) is 0 Å². The summed E-state index contributed by atoms with van der Waals surface area (Å²) in [4.78, 5) is 14.1. The van der Waals surface area contributed by atoms with Crippen LogP contribution in [-0.2, 0) is 6.42 Å². The van der Waals surface area contributed by atoms with Crippen LogP contribution in [0.1, 0.15) is 11.1 Å². The fraction of sp³-hybridized carbons (Fsp3) is 0.250. The lowest BCUT2D eigenvalue weighted by atomic mass is 10.0. The molecule has 1 aromatic heterocycles. The Balaban J connectivity index is 2.89. The van der Waals surface area contributed by atoms with Gasteiger partial charge in [0.25, 0.3) is 0 Å². The number of aromatic hydroxyl groups is 1. The fourth-order valence-electron chi connectivity index (χ4n) is 1.89. The van der Waals surface area contributed by atoms with Crippen LogP contribution in [0.2, 0.25) is 0 Å². The van der Waals surface area contributed by atoms with E-state index in [9.17, 15) is 9.90 Å². The average molecular weight is 219 g/mol. The van der Waals surface area contributed by atoms with Crippen molar-refractivity contribution in [3.63, 3.8) is 0 Å². The first-order valence-electron chi connectivity index (χ1n) is 5.09. The highest BCUT2D eigenvalue weighted by Crippen LogP contribution is 2.28. The molecule has 2 rings (SSSR count). The Labute approximate surface area is 92.2 Å². The zero-order valence-corrected chi connectivity index (χ0v) is 8.95. The molecule has 0 bridgehead atoms. The summed E-state index contributed by atoms with van der Waals surface area (Å²) in [5, 5.41) is 19.3. The molecule has 0 radical (unpaired) electrons. The summed E-state index contributed by atoms with van der Waals surface area (Å²) in [5.74, 6) is 0.125. The van der Waals surface area contributed by atoms with Gasteiger partial charge in [-0.25, -0.2) is 0 Å². The second-order valence-electron chi connectivity index (χ2n) is 3.78. The average Bonchev–Trinajstić information content (AvgIpc) is 2.23. The zero-order chi connectivity index (χ0) is 11.7. The number of nitrogens with one attached hydrogen (secondary N) is 1. The quantitative estimate of drug-likeness (QED) is 0.707. The lowest BCUT2D eigenvalue weighted by Gasteiger charge is -2.08. The molecule has 2 aromatic rings. The highest BCUT2D eigenvalue weighted by atomic mass is 16.3. The number of aliphatic hydroxyl groups is 1. The fourth-order valence-corrected chi connectivity index (χ4v) is 1.89. The van der Waals surface area contributed by atoms with Gasteiger partial charge in [-0.2, -0.15) is 0 Å². The summed E-state index contributed by atoms with van der Waals surface area (Å²) in [5.41, 5.74) is 1.98. The molecule has 1 heterocycles. The Bertz CT molecular complexity index is 587. The summed E-state index contributed by atoms with van der Waals surface area (Å²) in [7, 11) is 0. The van der Waals surface area contributed by atoms with E-state index in [2.05, 4.69) is 4.98 Å². The number of H-pyrrole nitrogens is 1. The minimum Gasteiger partial charge on any atom is -0.507 e. The molecule has 3 N–H and O–H groups in total. The van der Waals surface area contributed by atoms with Gasteiger partial charge >= 0.3 is 0 Å². The number of phenolic OH excluding ortho intramolecular Hbond substituents is 1. The number of aryl methyl sites for hydroxylation is 1. The van der Waals surface area contributed by atoms with Gasteiger partial charge in [0.1, 0.15) is 5.75 Å². The standard InChI is InChI=1S/C12H13NO3/c1-7-2-3-9(15)11-8(4-5-14)6-10(16)13-12(7)11/h2-3,6,14-15H,4-5H2,1H3,(H,13,16). The second-order valence-corrected chi connectivity index (χ2v) is 3.78. The lowest BCUT2D eigenvalue weighted by molar-refractivity contribution is 0.300. The molecule has 4 heteroatoms. The SMILES string of the molecule is Cc1ccc(O)c2c(CCO)cc(=O)[nH]c12. The number of fused-ring (bicyclic) bond motifs is 1. The molecule has 0 aliphatic heterocycles. The molecule has 16 heavy (non-hydrogen) atoms. The first-order chi connectivity index (χ1) is 7.63. The van der Waals surface area contributed by atoms with E-state index in [-0.39, 0.29) is 17.9 Å². The summed E-state index contributed by atoms with van der Waals surface area (Å²) in [6.07, 6.45) is 0.359. The molecule has 0 aliphatic carbocycles. The number of aromatic amines is 1. The van der Waals surface area contributed by atoms with Gasteiger partial charge in [0.05, 0.1) is 5.52 Å². The van der Waals surface area contributed by atoms with Gasteiger partial charge in [-0.05, 0) is 30.5 Å². The minimum absolute atomic E-state index is 0.0497. The number of hydrogen-bond donors (Lipinski definition) is 3. The molecule has 0 fully saturated rings. The Kier molecular flexibility index (Phi) is 2.66. The first kappa shape index (κ1) is 10.7. The Morgan fingerprint density at radius 3 is 2.81 bits per heavy atom. The molecule has 0 amide bonds. The molecule has 4 nitrogen and oxygen atoms in total. The van der Waals surface area contributed by atoms with E-state index in [4.69, 9.17) is 5.11 Å². The normalized spacial score (nSPS) is 10.9. The molecule has 1 aromatic carbocycles. The summed E-state index contributed by atoms with van der Waals surface area (Å²) < 4.78 is 0. The number of benzene rings is 1. The largest absolute Gasteiger partial charge is 0.507 e. The van der Waals surface area contributed by atoms with Crippen molar-refractivity contribution < 1.29 is 10.2 Å². The second kappa shape index (κ2) is 3.98. The number of rotatable bonds is 2. The monoisotopic (exact) mass is 219 g/mol. The first-order valence-corrected chi connectivity index (χ1v) is 5.09. The highest BCUT2D eigenvalue weighted by Gasteiger charge is 2.09. The molecule has 0 atom stereocenters. The van der Waals surface area contributed by atoms with Crippen LogP contribution in [0.15, 0.2) is 23.0 Å². The van der Waals surface area contributed by atoms with Gasteiger partial charge in [0.2, 0.25) is 5.56 Å². The number of phenols is 1. The van der Waals surface area contributed by atoms with Crippen molar-refractivity contribution in [3.05, 3.63) is 39.7 Å². The van der Waals surface area contributed by atoms with Crippen molar-refractivity contribution in [2.75, 3.05) is 6.61 Å². The van der Waals surface area contributed by atoms with Crippen LogP contribution in [0, 0.1) is 6.92 Å². The van der Waals surface area contributed by atoms with E-state index < -0.39 is 0 Å². The molecule has 0 aliphatic rings. The van der Waals surface area contributed by atoms with Crippen molar-refractivity contribution in [1.29, 1.82) is 0 Å². The van der Waals surface area contributed by atoms with Crippen molar-refractivity contribution in [1.82, 2.24) is 4.98 Å². The van der Waals surface area contributed by atoms with E-state index in [1.54, 1.807) is 12.1 Å². The molecular weight excluding hydrogens is 206 g/mol. The summed E-state index contributed by atoms with van der Waals surface area (Å²) in [6, 6.07) is 4.75. The lowest BCUT2D eigenvalue weighted by Crippen LogP contribution is -2.08. The third-order valence-electron chi connectivity index (χ3n) is 2.65. The number of hydrogen-bond acceptors (Lipinski definition) is 3. The van der Waals surface area contributed by atoms with Gasteiger partial charge in [0, 0.05) is 18.1 Å². The van der Waals surface area contributed by atoms with Crippen LogP contribution in [-0.4, -0.2) is 21.8 Å². The number of pyridine rings is 1. The van der Waals surface area contributed by atoms with Crippen LogP contribution in [0.3, 0.4) is 0 Å². The van der Waals surface area contributed by atoms with Crippen LogP contribution in [0.4, 0.5) is 0 Å². The van der Waals surface area contributed by atoms with Crippen molar-refractivity contribution >= 4 is 10.9 Å². The Morgan fingerprint density at radius 2 is 2.12 bits per heavy atom. The molecule has 0 unspecified atom stereocenters. The Morgan fingerprint density at radius 1 is 1.38 bits per heavy atom. The molecular formula is C12H13NO3. The van der Waals surface area contributed by atoms with Crippen LogP contribution >= 0.6 is 0 Å². The van der Waals surface area contributed by atoms with Crippen LogP contribution < -0.4 is 5.56 Å². The van der Waals surface area contributed by atoms with E-state index in [0.717, 1.165) is 5.56 Å². The maximum atomic E-state index is 11.4. The predicted molar refractivity (Wildman–Crippen MR) is 61.8 cm³/mol. The van der Waals surface area contributed by atoms with E-state index >= 15 is 0 Å². The maximum absolute atomic E-state index is 11.4. The van der Waals surface area contributed by atoms with Crippen molar-refractivity contribution in [2.24, 2.45) is 0 Å². The van der Waals surface area contributed by atoms with Crippen LogP contribution in [0.25, 0.3) is 10.9 Å². The third-order valence-corrected chi connectivity index (χ3v) is 2.65. The van der Waals surface area contributed by atoms with Gasteiger partial charge in [-0.3, -0.25) is 4.79 Å². The third kappa shape index (κ3) is 1.67. The topological polar surface area (TPSA) is 73.3 Å². The van der Waals surface area contributed by atoms with Gasteiger partial charge in [-0.1, -0.05) is 6.07 Å². The molecule has 0 saturated heterocycles. The maximum Gasteiger partial charge on any atom is 0.248 e. The highest BCUT2D eigenvalue weighted by molar-refractivity contribution is 5.90. The van der Waals surface area contributed by atoms with Crippen molar-refractivity contribution in [2.45, 2.75) is 13.3 Å². The van der Waals surface area contributed by atoms with Crippen molar-refractivity contribution in [3.8, 4) is 5.75 Å². The smallest absolute Gasteiger partial charge is 0.248 e. The molecule has 84 valence electrons. The van der Waals surface area contributed by atoms with Crippen LogP contribution in [0.5, 0.6) is 5.75 Å². The van der Waals surface area contributed by atoms with Gasteiger partial charge < -0.3 is 15.2 Å². The number of aliphatic hydroxyl groups excluding tert-OH is 1. The minimum atomic E-state index is -0.218. The Hall–Kier alpha value is -1.81. The predicted octanol–water partition coefficient (Wildman–Crippen LogP) is 1.08. The van der Waals surface area contributed by atoms with E-state index in [1.807, 2.05) is 6.92 Å². The van der Waals surface area contributed by atoms with E-state index in [1.165, 1.54) is 6.07 Å². The molecule has 0 spiro atoms. The molecule has 0 saturated carbocycles. The van der Waals surface area contributed by atoms with E-state index in [0.29, 0.717) is 22.9 Å². The zero-order valence-electron chi connectivity index (χ0n) is 8.95.